The predicted molar refractivity (Wildman–Crippen MR) is 161 cm³/mol. The summed E-state index contributed by atoms with van der Waals surface area (Å²) in [5.41, 5.74) is 3.22. The lowest BCUT2D eigenvalue weighted by Crippen LogP contribution is -2.52. The lowest BCUT2D eigenvalue weighted by Gasteiger charge is -2.33. The molecule has 0 fully saturated rings. The highest BCUT2D eigenvalue weighted by Gasteiger charge is 2.34. The lowest BCUT2D eigenvalue weighted by molar-refractivity contribution is -0.140. The Bertz CT molecular complexity index is 1360. The maximum Gasteiger partial charge on any atom is 0.264 e. The number of hydrogen-bond acceptors (Lipinski definition) is 4. The molecule has 0 radical (unpaired) electrons. The Morgan fingerprint density at radius 1 is 0.875 bits per heavy atom. The van der Waals surface area contributed by atoms with Crippen LogP contribution in [0.2, 0.25) is 0 Å². The molecule has 0 aromatic heterocycles. The molecule has 214 valence electrons. The smallest absolute Gasteiger partial charge is 0.264 e. The van der Waals surface area contributed by atoms with E-state index in [1.165, 1.54) is 21.3 Å². The third kappa shape index (κ3) is 7.72. The second-order valence-corrected chi connectivity index (χ2v) is 11.7. The van der Waals surface area contributed by atoms with Crippen LogP contribution < -0.4 is 9.62 Å². The fourth-order valence-electron chi connectivity index (χ4n) is 4.60. The van der Waals surface area contributed by atoms with E-state index in [1.807, 2.05) is 64.1 Å². The summed E-state index contributed by atoms with van der Waals surface area (Å²) in [5.74, 6) is -0.675. The van der Waals surface area contributed by atoms with Crippen molar-refractivity contribution in [1.82, 2.24) is 10.2 Å². The Morgan fingerprint density at radius 3 is 2.15 bits per heavy atom. The maximum atomic E-state index is 14.2. The molecule has 0 spiro atoms. The van der Waals surface area contributed by atoms with Gasteiger partial charge in [0.2, 0.25) is 11.8 Å². The fraction of sp³-hybridized carbons (Fsp3) is 0.375. The molecule has 0 saturated heterocycles. The van der Waals surface area contributed by atoms with E-state index in [4.69, 9.17) is 0 Å². The Morgan fingerprint density at radius 2 is 1.52 bits per heavy atom. The van der Waals surface area contributed by atoms with Crippen LogP contribution >= 0.6 is 0 Å². The number of hydrogen-bond donors (Lipinski definition) is 1. The maximum absolute atomic E-state index is 14.2. The van der Waals surface area contributed by atoms with Crippen LogP contribution in [0, 0.1) is 6.92 Å². The average molecular weight is 564 g/mol. The monoisotopic (exact) mass is 563 g/mol. The molecule has 0 aliphatic heterocycles. The number of para-hydroxylation sites is 1. The van der Waals surface area contributed by atoms with Gasteiger partial charge < -0.3 is 10.2 Å². The lowest BCUT2D eigenvalue weighted by atomic mass is 10.1. The Labute approximate surface area is 239 Å². The van der Waals surface area contributed by atoms with Crippen molar-refractivity contribution >= 4 is 27.5 Å². The van der Waals surface area contributed by atoms with Gasteiger partial charge in [-0.1, -0.05) is 93.4 Å². The van der Waals surface area contributed by atoms with Crippen molar-refractivity contribution < 1.29 is 18.0 Å². The molecule has 40 heavy (non-hydrogen) atoms. The van der Waals surface area contributed by atoms with Crippen LogP contribution in [0.4, 0.5) is 5.69 Å². The van der Waals surface area contributed by atoms with Crippen LogP contribution in [0.25, 0.3) is 0 Å². The summed E-state index contributed by atoms with van der Waals surface area (Å²) in [5, 5.41) is 2.96. The van der Waals surface area contributed by atoms with Crippen LogP contribution in [-0.4, -0.2) is 44.3 Å². The summed E-state index contributed by atoms with van der Waals surface area (Å²) in [7, 11) is -4.08. The highest BCUT2D eigenvalue weighted by molar-refractivity contribution is 7.92. The largest absolute Gasteiger partial charge is 0.354 e. The quantitative estimate of drug-likeness (QED) is 0.263. The molecule has 0 unspecified atom stereocenters. The number of benzene rings is 3. The zero-order valence-corrected chi connectivity index (χ0v) is 24.8. The first kappa shape index (κ1) is 30.9. The molecule has 0 heterocycles. The highest BCUT2D eigenvalue weighted by atomic mass is 32.2. The molecule has 3 rings (SSSR count). The predicted octanol–water partition coefficient (Wildman–Crippen LogP) is 5.48. The summed E-state index contributed by atoms with van der Waals surface area (Å²) >= 11 is 0. The number of aryl methyl sites for hydroxylation is 2. The summed E-state index contributed by atoms with van der Waals surface area (Å²) in [6, 6.07) is 22.4. The third-order valence-electron chi connectivity index (χ3n) is 6.94. The second-order valence-electron chi connectivity index (χ2n) is 9.88. The summed E-state index contributed by atoms with van der Waals surface area (Å²) in [4.78, 5) is 29.0. The number of sulfonamides is 1. The van der Waals surface area contributed by atoms with Gasteiger partial charge in [-0.3, -0.25) is 13.9 Å². The number of anilines is 1. The van der Waals surface area contributed by atoms with E-state index in [9.17, 15) is 18.0 Å². The minimum Gasteiger partial charge on any atom is -0.354 e. The fourth-order valence-corrected chi connectivity index (χ4v) is 6.07. The Balaban J connectivity index is 2.05. The summed E-state index contributed by atoms with van der Waals surface area (Å²) < 4.78 is 29.1. The number of nitrogens with one attached hydrogen (secondary N) is 1. The van der Waals surface area contributed by atoms with Crippen molar-refractivity contribution in [3.05, 3.63) is 95.6 Å². The average Bonchev–Trinajstić information content (AvgIpc) is 2.97. The molecular weight excluding hydrogens is 522 g/mol. The second kappa shape index (κ2) is 14.7. The molecule has 3 aromatic carbocycles. The molecule has 0 aliphatic rings. The normalized spacial score (nSPS) is 12.0. The van der Waals surface area contributed by atoms with Crippen molar-refractivity contribution in [2.75, 3.05) is 17.4 Å². The summed E-state index contributed by atoms with van der Waals surface area (Å²) in [6.07, 6.45) is 2.76. The van der Waals surface area contributed by atoms with Crippen molar-refractivity contribution in [2.45, 2.75) is 70.9 Å². The zero-order chi connectivity index (χ0) is 29.1. The molecule has 2 amide bonds. The van der Waals surface area contributed by atoms with Crippen molar-refractivity contribution in [3.8, 4) is 0 Å². The number of nitrogens with zero attached hydrogens (tertiary/aromatic N) is 2. The van der Waals surface area contributed by atoms with E-state index in [0.29, 0.717) is 25.1 Å². The van der Waals surface area contributed by atoms with Gasteiger partial charge >= 0.3 is 0 Å². The molecule has 3 aromatic rings. The molecule has 0 saturated carbocycles. The van der Waals surface area contributed by atoms with Gasteiger partial charge in [0.25, 0.3) is 10.0 Å². The number of carbonyl (C=O) groups excluding carboxylic acids is 2. The van der Waals surface area contributed by atoms with Crippen LogP contribution in [0.1, 0.15) is 56.7 Å². The van der Waals surface area contributed by atoms with E-state index >= 15 is 0 Å². The number of carbonyl (C=O) groups is 2. The van der Waals surface area contributed by atoms with Gasteiger partial charge in [0.15, 0.2) is 0 Å². The minimum atomic E-state index is -4.08. The highest BCUT2D eigenvalue weighted by Crippen LogP contribution is 2.28. The minimum absolute atomic E-state index is 0.100. The number of amides is 2. The van der Waals surface area contributed by atoms with Crippen LogP contribution in [-0.2, 0) is 32.6 Å². The van der Waals surface area contributed by atoms with E-state index in [-0.39, 0.29) is 17.3 Å². The van der Waals surface area contributed by atoms with Gasteiger partial charge in [-0.2, -0.15) is 0 Å². The van der Waals surface area contributed by atoms with E-state index < -0.39 is 28.5 Å². The first-order valence-electron chi connectivity index (χ1n) is 14.0. The SMILES string of the molecule is CCCCNC(=O)[C@H](CC)N(Cc1ccc(C)cc1)C(=O)CN(c1ccccc1CC)S(=O)(=O)c1ccccc1. The van der Waals surface area contributed by atoms with Gasteiger partial charge in [0.05, 0.1) is 10.6 Å². The topological polar surface area (TPSA) is 86.8 Å². The van der Waals surface area contributed by atoms with Crippen molar-refractivity contribution in [1.29, 1.82) is 0 Å². The molecule has 1 atom stereocenters. The van der Waals surface area contributed by atoms with Crippen LogP contribution in [0.15, 0.2) is 83.8 Å². The van der Waals surface area contributed by atoms with Gasteiger partial charge in [-0.15, -0.1) is 0 Å². The third-order valence-corrected chi connectivity index (χ3v) is 8.71. The Hall–Kier alpha value is -3.65. The first-order chi connectivity index (χ1) is 19.2. The first-order valence-corrected chi connectivity index (χ1v) is 15.4. The van der Waals surface area contributed by atoms with Crippen LogP contribution in [0.3, 0.4) is 0 Å². The van der Waals surface area contributed by atoms with E-state index in [1.54, 1.807) is 30.3 Å². The van der Waals surface area contributed by atoms with Gasteiger partial charge in [-0.25, -0.2) is 8.42 Å². The zero-order valence-electron chi connectivity index (χ0n) is 24.0. The van der Waals surface area contributed by atoms with Crippen molar-refractivity contribution in [2.24, 2.45) is 0 Å². The van der Waals surface area contributed by atoms with Gasteiger partial charge in [0.1, 0.15) is 12.6 Å². The summed E-state index contributed by atoms with van der Waals surface area (Å²) in [6.45, 7) is 8.13. The van der Waals surface area contributed by atoms with E-state index in [0.717, 1.165) is 29.5 Å². The van der Waals surface area contributed by atoms with E-state index in [2.05, 4.69) is 5.32 Å². The standard InChI is InChI=1S/C32H41N3O4S/c1-5-8-22-33-32(37)29(7-3)34(23-26-20-18-25(4)19-21-26)31(36)24-35(30-17-13-12-14-27(30)6-2)40(38,39)28-15-10-9-11-16-28/h9-21,29H,5-8,22-24H2,1-4H3,(H,33,37)/t29-/m0/s1. The molecule has 1 N–H and O–H groups in total. The molecule has 0 bridgehead atoms. The van der Waals surface area contributed by atoms with Gasteiger partial charge in [-0.05, 0) is 55.5 Å². The molecule has 7 nitrogen and oxygen atoms in total. The van der Waals surface area contributed by atoms with Gasteiger partial charge in [0, 0.05) is 13.1 Å². The number of unbranched alkanes of at least 4 members (excludes halogenated alkanes) is 1. The van der Waals surface area contributed by atoms with Crippen molar-refractivity contribution in [3.63, 3.8) is 0 Å². The molecular formula is C32H41N3O4S. The molecule has 0 aliphatic carbocycles. The molecule has 8 heteroatoms. The number of rotatable bonds is 14. The van der Waals surface area contributed by atoms with Crippen LogP contribution in [0.5, 0.6) is 0 Å². The Kier molecular flexibility index (Phi) is 11.3.